The van der Waals surface area contributed by atoms with Crippen molar-refractivity contribution in [3.63, 3.8) is 0 Å². The number of aromatic hydroxyl groups is 1. The summed E-state index contributed by atoms with van der Waals surface area (Å²) in [5.41, 5.74) is 12.0. The highest BCUT2D eigenvalue weighted by Gasteiger charge is 2.26. The van der Waals surface area contributed by atoms with Gasteiger partial charge in [0.05, 0.1) is 5.39 Å². The van der Waals surface area contributed by atoms with Crippen LogP contribution in [0.5, 0.6) is 5.75 Å². The molecule has 1 aliphatic rings. The maximum Gasteiger partial charge on any atom is 0.165 e. The third-order valence-corrected chi connectivity index (χ3v) is 6.04. The Morgan fingerprint density at radius 3 is 2.63 bits per heavy atom. The zero-order valence-corrected chi connectivity index (χ0v) is 15.9. The van der Waals surface area contributed by atoms with Gasteiger partial charge in [-0.15, -0.1) is 0 Å². The molecular formula is C23H18FN5O. The van der Waals surface area contributed by atoms with E-state index in [0.29, 0.717) is 16.7 Å². The van der Waals surface area contributed by atoms with Crippen LogP contribution >= 0.6 is 0 Å². The second-order valence-electron chi connectivity index (χ2n) is 7.81. The van der Waals surface area contributed by atoms with Crippen LogP contribution in [0.1, 0.15) is 17.2 Å². The van der Waals surface area contributed by atoms with Gasteiger partial charge in [-0.25, -0.2) is 14.4 Å². The zero-order chi connectivity index (χ0) is 20.4. The van der Waals surface area contributed by atoms with Gasteiger partial charge >= 0.3 is 0 Å². The molecule has 0 fully saturated rings. The van der Waals surface area contributed by atoms with Gasteiger partial charge in [0.1, 0.15) is 17.8 Å². The SMILES string of the molecule is Nc1ncnc2c1c(-c1cc3cc(F)c(O)cc3[nH]1)cn2C1Cc2ccccc2C1. The Bertz CT molecular complexity index is 1390. The summed E-state index contributed by atoms with van der Waals surface area (Å²) in [4.78, 5) is 12.0. The molecule has 1 aliphatic carbocycles. The minimum atomic E-state index is -0.651. The molecular weight excluding hydrogens is 381 g/mol. The molecule has 0 bridgehead atoms. The van der Waals surface area contributed by atoms with Crippen LogP contribution < -0.4 is 5.73 Å². The summed E-state index contributed by atoms with van der Waals surface area (Å²) in [6.45, 7) is 0. The van der Waals surface area contributed by atoms with E-state index in [1.165, 1.54) is 29.6 Å². The highest BCUT2D eigenvalue weighted by Crippen LogP contribution is 2.39. The number of benzene rings is 2. The predicted molar refractivity (Wildman–Crippen MR) is 114 cm³/mol. The van der Waals surface area contributed by atoms with E-state index in [1.54, 1.807) is 0 Å². The predicted octanol–water partition coefficient (Wildman–Crippen LogP) is 4.35. The molecule has 6 nitrogen and oxygen atoms in total. The average Bonchev–Trinajstić information content (AvgIpc) is 3.43. The minimum absolute atomic E-state index is 0.235. The number of nitrogens with zero attached hydrogens (tertiary/aromatic N) is 3. The number of aromatic nitrogens is 4. The molecule has 30 heavy (non-hydrogen) atoms. The first kappa shape index (κ1) is 17.0. The third-order valence-electron chi connectivity index (χ3n) is 6.04. The van der Waals surface area contributed by atoms with Crippen LogP contribution in [-0.2, 0) is 12.8 Å². The highest BCUT2D eigenvalue weighted by molar-refractivity contribution is 6.02. The molecule has 2 aromatic carbocycles. The monoisotopic (exact) mass is 399 g/mol. The van der Waals surface area contributed by atoms with Gasteiger partial charge in [-0.1, -0.05) is 24.3 Å². The summed E-state index contributed by atoms with van der Waals surface area (Å²) in [6.07, 6.45) is 5.38. The number of nitrogen functional groups attached to an aromatic ring is 1. The number of aromatic amines is 1. The first-order valence-corrected chi connectivity index (χ1v) is 9.78. The van der Waals surface area contributed by atoms with Gasteiger partial charge in [-0.2, -0.15) is 0 Å². The molecule has 0 spiro atoms. The number of hydrogen-bond acceptors (Lipinski definition) is 4. The second kappa shape index (κ2) is 6.06. The largest absolute Gasteiger partial charge is 0.505 e. The van der Waals surface area contributed by atoms with Crippen LogP contribution in [-0.4, -0.2) is 24.6 Å². The Labute approximate surface area is 170 Å². The molecule has 0 aliphatic heterocycles. The first-order chi connectivity index (χ1) is 14.6. The van der Waals surface area contributed by atoms with Crippen molar-refractivity contribution >= 4 is 27.8 Å². The van der Waals surface area contributed by atoms with Gasteiger partial charge in [-0.3, -0.25) is 0 Å². The summed E-state index contributed by atoms with van der Waals surface area (Å²) in [6, 6.07) is 13.3. The molecule has 0 saturated heterocycles. The Morgan fingerprint density at radius 2 is 1.87 bits per heavy atom. The summed E-state index contributed by atoms with van der Waals surface area (Å²) < 4.78 is 16.0. The maximum atomic E-state index is 13.8. The van der Waals surface area contributed by atoms with Crippen LogP contribution in [0.2, 0.25) is 0 Å². The molecule has 148 valence electrons. The second-order valence-corrected chi connectivity index (χ2v) is 7.81. The van der Waals surface area contributed by atoms with Gasteiger partial charge in [0, 0.05) is 40.5 Å². The fraction of sp³-hybridized carbons (Fsp3) is 0.130. The van der Waals surface area contributed by atoms with Crippen molar-refractivity contribution in [2.24, 2.45) is 0 Å². The fourth-order valence-corrected chi connectivity index (χ4v) is 4.61. The lowest BCUT2D eigenvalue weighted by molar-refractivity contribution is 0.433. The van der Waals surface area contributed by atoms with Crippen molar-refractivity contribution in [2.45, 2.75) is 18.9 Å². The Hall–Kier alpha value is -3.87. The molecule has 0 radical (unpaired) electrons. The van der Waals surface area contributed by atoms with Gasteiger partial charge in [0.15, 0.2) is 11.6 Å². The van der Waals surface area contributed by atoms with E-state index >= 15 is 0 Å². The zero-order valence-electron chi connectivity index (χ0n) is 15.9. The number of phenols is 1. The van der Waals surface area contributed by atoms with E-state index in [1.807, 2.05) is 12.3 Å². The van der Waals surface area contributed by atoms with Crippen molar-refractivity contribution in [1.29, 1.82) is 0 Å². The van der Waals surface area contributed by atoms with Crippen LogP contribution in [0.25, 0.3) is 33.2 Å². The number of H-pyrrole nitrogens is 1. The first-order valence-electron chi connectivity index (χ1n) is 9.78. The molecule has 5 aromatic rings. The molecule has 0 atom stereocenters. The van der Waals surface area contributed by atoms with Crippen molar-refractivity contribution in [3.8, 4) is 17.0 Å². The van der Waals surface area contributed by atoms with Crippen LogP contribution in [0, 0.1) is 5.82 Å². The summed E-state index contributed by atoms with van der Waals surface area (Å²) in [7, 11) is 0. The van der Waals surface area contributed by atoms with E-state index in [0.717, 1.165) is 35.1 Å². The lowest BCUT2D eigenvalue weighted by Crippen LogP contribution is -2.08. The highest BCUT2D eigenvalue weighted by atomic mass is 19.1. The molecule has 7 heteroatoms. The van der Waals surface area contributed by atoms with Crippen LogP contribution in [0.4, 0.5) is 10.2 Å². The number of halogens is 1. The summed E-state index contributed by atoms with van der Waals surface area (Å²) >= 11 is 0. The van der Waals surface area contributed by atoms with Gasteiger partial charge in [0.2, 0.25) is 0 Å². The molecule has 3 heterocycles. The number of hydrogen-bond donors (Lipinski definition) is 3. The lowest BCUT2D eigenvalue weighted by Gasteiger charge is -2.12. The molecule has 3 aromatic heterocycles. The summed E-state index contributed by atoms with van der Waals surface area (Å²) in [5.74, 6) is -0.635. The standard InChI is InChI=1S/C23H18FN5O/c24-17-7-14-8-19(28-18(14)9-20(17)30)16-10-29(23-21(16)22(25)26-11-27-23)15-5-12-3-1-2-4-13(12)6-15/h1-4,7-11,15,28,30H,5-6H2,(H2,25,26,27). The lowest BCUT2D eigenvalue weighted by atomic mass is 10.1. The Morgan fingerprint density at radius 1 is 1.10 bits per heavy atom. The molecule has 0 saturated carbocycles. The number of nitrogens with two attached hydrogens (primary N) is 1. The van der Waals surface area contributed by atoms with Gasteiger partial charge in [0.25, 0.3) is 0 Å². The van der Waals surface area contributed by atoms with Gasteiger partial charge in [-0.05, 0) is 36.1 Å². The van der Waals surface area contributed by atoms with Crippen molar-refractivity contribution < 1.29 is 9.50 Å². The molecule has 0 unspecified atom stereocenters. The minimum Gasteiger partial charge on any atom is -0.505 e. The molecule has 6 rings (SSSR count). The van der Waals surface area contributed by atoms with Crippen LogP contribution in [0.15, 0.2) is 55.0 Å². The third kappa shape index (κ3) is 2.41. The number of nitrogens with one attached hydrogen (secondary N) is 1. The Kier molecular flexibility index (Phi) is 3.44. The van der Waals surface area contributed by atoms with E-state index in [-0.39, 0.29) is 11.8 Å². The van der Waals surface area contributed by atoms with E-state index in [9.17, 15) is 9.50 Å². The topological polar surface area (TPSA) is 92.8 Å². The summed E-state index contributed by atoms with van der Waals surface area (Å²) in [5, 5.41) is 11.1. The maximum absolute atomic E-state index is 13.8. The number of fused-ring (bicyclic) bond motifs is 3. The quantitative estimate of drug-likeness (QED) is 0.412. The van der Waals surface area contributed by atoms with E-state index in [2.05, 4.69) is 43.8 Å². The number of anilines is 1. The van der Waals surface area contributed by atoms with Crippen LogP contribution in [0.3, 0.4) is 0 Å². The van der Waals surface area contributed by atoms with E-state index < -0.39 is 5.82 Å². The smallest absolute Gasteiger partial charge is 0.165 e. The molecule has 4 N–H and O–H groups in total. The van der Waals surface area contributed by atoms with Crippen molar-refractivity contribution in [2.75, 3.05) is 5.73 Å². The fourth-order valence-electron chi connectivity index (χ4n) is 4.61. The Balaban J connectivity index is 1.54. The normalized spacial score (nSPS) is 14.0. The number of phenolic OH excluding ortho intramolecular Hbond substituents is 1. The van der Waals surface area contributed by atoms with Crippen molar-refractivity contribution in [1.82, 2.24) is 19.5 Å². The van der Waals surface area contributed by atoms with Gasteiger partial charge < -0.3 is 20.4 Å². The van der Waals surface area contributed by atoms with Crippen molar-refractivity contribution in [3.05, 3.63) is 71.9 Å². The molecule has 0 amide bonds. The average molecular weight is 399 g/mol. The van der Waals surface area contributed by atoms with E-state index in [4.69, 9.17) is 5.73 Å². The number of rotatable bonds is 2.